The number of hydrogen-bond donors (Lipinski definition) is 1. The lowest BCUT2D eigenvalue weighted by Crippen LogP contribution is -2.32. The van der Waals surface area contributed by atoms with Gasteiger partial charge in [-0.1, -0.05) is 48.0 Å². The van der Waals surface area contributed by atoms with Gasteiger partial charge in [0.15, 0.2) is 0 Å². The van der Waals surface area contributed by atoms with E-state index in [1.54, 1.807) is 13.8 Å². The van der Waals surface area contributed by atoms with Crippen LogP contribution in [0.25, 0.3) is 0 Å². The van der Waals surface area contributed by atoms with Crippen molar-refractivity contribution in [2.45, 2.75) is 39.7 Å². The minimum atomic E-state index is -0.766. The van der Waals surface area contributed by atoms with Crippen LogP contribution in [0.2, 0.25) is 0 Å². The number of benzene rings is 2. The number of dihydropyridines is 1. The zero-order valence-electron chi connectivity index (χ0n) is 19.8. The van der Waals surface area contributed by atoms with Crippen LogP contribution in [0.15, 0.2) is 71.1 Å². The number of rotatable bonds is 8. The lowest BCUT2D eigenvalue weighted by Gasteiger charge is -2.31. The highest BCUT2D eigenvalue weighted by Crippen LogP contribution is 2.42. The van der Waals surface area contributed by atoms with Crippen LogP contribution in [0.4, 0.5) is 0 Å². The van der Waals surface area contributed by atoms with Gasteiger partial charge in [0.1, 0.15) is 19.0 Å². The smallest absolute Gasteiger partial charge is 0.336 e. The Morgan fingerprint density at radius 2 is 1.62 bits per heavy atom. The summed E-state index contributed by atoms with van der Waals surface area (Å²) in [4.78, 5) is 25.9. The SMILES string of the molecule is COC(=O)C1=C(C)NC(C)=C(C(=O)OCCC#N)C1c1ccccc1OCc1ccc(C)cc1. The van der Waals surface area contributed by atoms with Gasteiger partial charge in [-0.25, -0.2) is 9.59 Å². The molecule has 0 bridgehead atoms. The van der Waals surface area contributed by atoms with Crippen molar-refractivity contribution in [3.63, 3.8) is 0 Å². The Hall–Kier alpha value is -4.05. The predicted molar refractivity (Wildman–Crippen MR) is 126 cm³/mol. The first-order valence-electron chi connectivity index (χ1n) is 11.0. The first kappa shape index (κ1) is 24.6. The van der Waals surface area contributed by atoms with E-state index in [0.29, 0.717) is 34.9 Å². The maximum atomic E-state index is 13.1. The van der Waals surface area contributed by atoms with Crippen LogP contribution in [0.5, 0.6) is 5.75 Å². The van der Waals surface area contributed by atoms with Gasteiger partial charge in [-0.2, -0.15) is 5.26 Å². The van der Waals surface area contributed by atoms with Crippen molar-refractivity contribution in [2.75, 3.05) is 13.7 Å². The summed E-state index contributed by atoms with van der Waals surface area (Å²) in [7, 11) is 1.30. The third-order valence-electron chi connectivity index (χ3n) is 5.58. The van der Waals surface area contributed by atoms with E-state index in [0.717, 1.165) is 11.1 Å². The van der Waals surface area contributed by atoms with Gasteiger partial charge in [-0.15, -0.1) is 0 Å². The molecule has 0 aromatic heterocycles. The first-order valence-corrected chi connectivity index (χ1v) is 11.0. The van der Waals surface area contributed by atoms with Crippen molar-refractivity contribution in [1.82, 2.24) is 5.32 Å². The minimum absolute atomic E-state index is 0.0410. The molecule has 1 heterocycles. The fourth-order valence-corrected chi connectivity index (χ4v) is 3.92. The maximum absolute atomic E-state index is 13.1. The Bertz CT molecular complexity index is 1170. The number of esters is 2. The molecule has 2 aromatic carbocycles. The van der Waals surface area contributed by atoms with Crippen molar-refractivity contribution in [1.29, 1.82) is 5.26 Å². The number of nitriles is 1. The largest absolute Gasteiger partial charge is 0.489 e. The van der Waals surface area contributed by atoms with Gasteiger partial charge >= 0.3 is 11.9 Å². The van der Waals surface area contributed by atoms with Gasteiger partial charge in [0, 0.05) is 17.0 Å². The van der Waals surface area contributed by atoms with E-state index in [2.05, 4.69) is 5.32 Å². The lowest BCUT2D eigenvalue weighted by molar-refractivity contribution is -0.139. The molecule has 7 heteroatoms. The molecule has 0 spiro atoms. The molecule has 34 heavy (non-hydrogen) atoms. The highest BCUT2D eigenvalue weighted by molar-refractivity contribution is 6.00. The molecule has 0 radical (unpaired) electrons. The van der Waals surface area contributed by atoms with E-state index in [1.807, 2.05) is 61.5 Å². The summed E-state index contributed by atoms with van der Waals surface area (Å²) in [5.74, 6) is -1.39. The number of para-hydroxylation sites is 1. The Morgan fingerprint density at radius 1 is 0.971 bits per heavy atom. The molecule has 3 rings (SSSR count). The summed E-state index contributed by atoms with van der Waals surface area (Å²) in [5, 5.41) is 11.9. The zero-order chi connectivity index (χ0) is 24.7. The highest BCUT2D eigenvalue weighted by atomic mass is 16.5. The molecule has 1 aliphatic rings. The van der Waals surface area contributed by atoms with E-state index >= 15 is 0 Å². The third-order valence-corrected chi connectivity index (χ3v) is 5.58. The Labute approximate surface area is 199 Å². The molecule has 0 saturated heterocycles. The van der Waals surface area contributed by atoms with Crippen molar-refractivity contribution in [2.24, 2.45) is 0 Å². The van der Waals surface area contributed by atoms with Gasteiger partial charge in [-0.3, -0.25) is 0 Å². The second-order valence-corrected chi connectivity index (χ2v) is 7.98. The number of aryl methyl sites for hydroxylation is 1. The molecule has 1 unspecified atom stereocenters. The molecule has 176 valence electrons. The van der Waals surface area contributed by atoms with E-state index in [-0.39, 0.29) is 18.6 Å². The van der Waals surface area contributed by atoms with Gasteiger partial charge in [-0.05, 0) is 32.4 Å². The molecular formula is C27H28N2O5. The van der Waals surface area contributed by atoms with Crippen LogP contribution in [-0.2, 0) is 25.7 Å². The molecular weight excluding hydrogens is 432 g/mol. The normalized spacial score (nSPS) is 15.3. The van der Waals surface area contributed by atoms with Crippen LogP contribution in [-0.4, -0.2) is 25.7 Å². The summed E-state index contributed by atoms with van der Waals surface area (Å²) in [5.41, 5.74) is 4.50. The number of allylic oxidation sites excluding steroid dienone is 2. The van der Waals surface area contributed by atoms with Crippen molar-refractivity contribution < 1.29 is 23.8 Å². The van der Waals surface area contributed by atoms with Crippen LogP contribution < -0.4 is 10.1 Å². The third kappa shape index (κ3) is 5.46. The second-order valence-electron chi connectivity index (χ2n) is 7.98. The second kappa shape index (κ2) is 11.2. The molecule has 2 aromatic rings. The average Bonchev–Trinajstić information content (AvgIpc) is 2.83. The molecule has 0 aliphatic carbocycles. The van der Waals surface area contributed by atoms with Gasteiger partial charge in [0.2, 0.25) is 0 Å². The van der Waals surface area contributed by atoms with Crippen LogP contribution in [0.3, 0.4) is 0 Å². The number of hydrogen-bond acceptors (Lipinski definition) is 7. The Morgan fingerprint density at radius 3 is 2.26 bits per heavy atom. The van der Waals surface area contributed by atoms with E-state index in [9.17, 15) is 9.59 Å². The van der Waals surface area contributed by atoms with E-state index < -0.39 is 17.9 Å². The Kier molecular flexibility index (Phi) is 8.10. The summed E-state index contributed by atoms with van der Waals surface area (Å²) in [6, 6.07) is 17.3. The highest BCUT2D eigenvalue weighted by Gasteiger charge is 2.39. The molecule has 0 amide bonds. The van der Waals surface area contributed by atoms with Crippen molar-refractivity contribution in [3.8, 4) is 11.8 Å². The summed E-state index contributed by atoms with van der Waals surface area (Å²) < 4.78 is 16.6. The van der Waals surface area contributed by atoms with Crippen molar-refractivity contribution >= 4 is 11.9 Å². The maximum Gasteiger partial charge on any atom is 0.336 e. The van der Waals surface area contributed by atoms with Crippen LogP contribution >= 0.6 is 0 Å². The quantitative estimate of drug-likeness (QED) is 0.459. The molecule has 1 aliphatic heterocycles. The molecule has 7 nitrogen and oxygen atoms in total. The van der Waals surface area contributed by atoms with E-state index in [1.165, 1.54) is 7.11 Å². The zero-order valence-corrected chi connectivity index (χ0v) is 19.8. The monoisotopic (exact) mass is 460 g/mol. The average molecular weight is 461 g/mol. The number of carbonyl (C=O) groups excluding carboxylic acids is 2. The number of nitrogens with zero attached hydrogens (tertiary/aromatic N) is 1. The summed E-state index contributed by atoms with van der Waals surface area (Å²) >= 11 is 0. The first-order chi connectivity index (χ1) is 16.4. The van der Waals surface area contributed by atoms with Crippen LogP contribution in [0, 0.1) is 18.3 Å². The van der Waals surface area contributed by atoms with Gasteiger partial charge in [0.05, 0.1) is 36.7 Å². The molecule has 1 atom stereocenters. The Balaban J connectivity index is 2.05. The van der Waals surface area contributed by atoms with Gasteiger partial charge < -0.3 is 19.5 Å². The number of nitrogens with one attached hydrogen (secondary N) is 1. The topological polar surface area (TPSA) is 97.6 Å². The lowest BCUT2D eigenvalue weighted by atomic mass is 9.80. The molecule has 1 N–H and O–H groups in total. The molecule has 0 fully saturated rings. The van der Waals surface area contributed by atoms with E-state index in [4.69, 9.17) is 19.5 Å². The number of ether oxygens (including phenoxy) is 3. The fraction of sp³-hybridized carbons (Fsp3) is 0.296. The van der Waals surface area contributed by atoms with Crippen molar-refractivity contribution in [3.05, 3.63) is 87.8 Å². The molecule has 0 saturated carbocycles. The predicted octanol–water partition coefficient (Wildman–Crippen LogP) is 4.44. The standard InChI is InChI=1S/C27H28N2O5/c1-17-10-12-20(13-11-17)16-34-22-9-6-5-8-21(22)25-23(26(30)32-4)18(2)29-19(3)24(25)27(31)33-15-7-14-28/h5-6,8-13,25,29H,7,15-16H2,1-4H3. The van der Waals surface area contributed by atoms with Crippen LogP contribution in [0.1, 0.15) is 42.9 Å². The summed E-state index contributed by atoms with van der Waals surface area (Å²) in [6.07, 6.45) is 0.0745. The summed E-state index contributed by atoms with van der Waals surface area (Å²) in [6.45, 7) is 5.81. The minimum Gasteiger partial charge on any atom is -0.489 e. The number of carbonyl (C=O) groups is 2. The number of methoxy groups -OCH3 is 1. The fourth-order valence-electron chi connectivity index (χ4n) is 3.92. The van der Waals surface area contributed by atoms with Gasteiger partial charge in [0.25, 0.3) is 0 Å².